The molecule has 0 saturated heterocycles. The maximum absolute atomic E-state index is 13.6. The van der Waals surface area contributed by atoms with Crippen LogP contribution in [-0.2, 0) is 11.3 Å². The zero-order valence-corrected chi connectivity index (χ0v) is 14.0. The lowest BCUT2D eigenvalue weighted by Gasteiger charge is -2.17. The third kappa shape index (κ3) is 4.51. The summed E-state index contributed by atoms with van der Waals surface area (Å²) in [5.41, 5.74) is 0.276. The average Bonchev–Trinajstić information content (AvgIpc) is 2.96. The molecule has 0 N–H and O–H groups in total. The number of rotatable bonds is 6. The number of halogens is 2. The molecule has 0 aliphatic heterocycles. The number of amides is 1. The van der Waals surface area contributed by atoms with Crippen LogP contribution in [0.2, 0.25) is 0 Å². The fourth-order valence-corrected chi connectivity index (χ4v) is 2.90. The Labute approximate surface area is 137 Å². The smallest absolute Gasteiger partial charge is 0.233 e. The molecule has 0 radical (unpaired) electrons. The number of carbonyl (C=O) groups excluding carboxylic acids is 1. The summed E-state index contributed by atoms with van der Waals surface area (Å²) in [5.74, 6) is -1.29. The van der Waals surface area contributed by atoms with Crippen molar-refractivity contribution in [3.63, 3.8) is 0 Å². The van der Waals surface area contributed by atoms with Gasteiger partial charge in [-0.2, -0.15) is 0 Å². The summed E-state index contributed by atoms with van der Waals surface area (Å²) < 4.78 is 28.4. The van der Waals surface area contributed by atoms with Crippen LogP contribution in [0.25, 0.3) is 0 Å². The van der Waals surface area contributed by atoms with E-state index in [1.807, 2.05) is 18.4 Å². The molecule has 124 valence electrons. The first-order valence-electron chi connectivity index (χ1n) is 7.08. The van der Waals surface area contributed by atoms with E-state index in [1.54, 1.807) is 13.4 Å². The maximum atomic E-state index is 13.6. The second-order valence-electron chi connectivity index (χ2n) is 5.39. The van der Waals surface area contributed by atoms with E-state index in [1.165, 1.54) is 28.8 Å². The molecule has 0 fully saturated rings. The summed E-state index contributed by atoms with van der Waals surface area (Å²) in [6, 6.07) is 3.54. The molecule has 0 aliphatic rings. The van der Waals surface area contributed by atoms with Crippen LogP contribution in [0.3, 0.4) is 0 Å². The summed E-state index contributed by atoms with van der Waals surface area (Å²) in [5, 5.41) is 8.48. The molecule has 1 amide bonds. The van der Waals surface area contributed by atoms with Crippen molar-refractivity contribution >= 4 is 17.7 Å². The quantitative estimate of drug-likeness (QED) is 0.759. The summed E-state index contributed by atoms with van der Waals surface area (Å²) in [7, 11) is 1.58. The number of benzene rings is 1. The minimum absolute atomic E-state index is 0.0857. The van der Waals surface area contributed by atoms with Crippen LogP contribution in [0.5, 0.6) is 0 Å². The highest BCUT2D eigenvalue weighted by Gasteiger charge is 2.15. The van der Waals surface area contributed by atoms with Crippen LogP contribution in [0.4, 0.5) is 8.78 Å². The lowest BCUT2D eigenvalue weighted by atomic mass is 10.2. The van der Waals surface area contributed by atoms with Crippen LogP contribution in [0.1, 0.15) is 25.5 Å². The molecule has 1 heterocycles. The summed E-state index contributed by atoms with van der Waals surface area (Å²) in [6.45, 7) is 4.08. The number of thioether (sulfide) groups is 1. The Morgan fingerprint density at radius 2 is 2.13 bits per heavy atom. The first-order valence-corrected chi connectivity index (χ1v) is 8.07. The Bertz CT molecular complexity index is 690. The Hall–Kier alpha value is -1.96. The molecule has 0 atom stereocenters. The fourth-order valence-electron chi connectivity index (χ4n) is 1.92. The minimum atomic E-state index is -0.656. The third-order valence-corrected chi connectivity index (χ3v) is 4.21. The fraction of sp³-hybridized carbons (Fsp3) is 0.400. The topological polar surface area (TPSA) is 51.0 Å². The molecule has 5 nitrogen and oxygen atoms in total. The van der Waals surface area contributed by atoms with Crippen LogP contribution in [0, 0.1) is 11.6 Å². The van der Waals surface area contributed by atoms with E-state index in [0.29, 0.717) is 5.16 Å². The van der Waals surface area contributed by atoms with Gasteiger partial charge in [0.15, 0.2) is 5.16 Å². The van der Waals surface area contributed by atoms with Gasteiger partial charge in [-0.1, -0.05) is 17.8 Å². The standard InChI is InChI=1S/C15H18F2N4OS/c1-10(2)21-9-18-19-15(21)23-8-14(22)20(3)7-11-4-5-12(16)6-13(11)17/h4-6,9-10H,7-8H2,1-3H3. The predicted octanol–water partition coefficient (Wildman–Crippen LogP) is 2.89. The van der Waals surface area contributed by atoms with Crippen LogP contribution < -0.4 is 0 Å². The highest BCUT2D eigenvalue weighted by atomic mass is 32.2. The Kier molecular flexibility index (Phi) is 5.70. The largest absolute Gasteiger partial charge is 0.341 e. The highest BCUT2D eigenvalue weighted by Crippen LogP contribution is 2.19. The zero-order valence-electron chi connectivity index (χ0n) is 13.2. The van der Waals surface area contributed by atoms with E-state index < -0.39 is 11.6 Å². The van der Waals surface area contributed by atoms with Gasteiger partial charge in [-0.3, -0.25) is 4.79 Å². The van der Waals surface area contributed by atoms with Crippen molar-refractivity contribution < 1.29 is 13.6 Å². The van der Waals surface area contributed by atoms with E-state index >= 15 is 0 Å². The summed E-state index contributed by atoms with van der Waals surface area (Å²) >= 11 is 1.28. The molecular weight excluding hydrogens is 322 g/mol. The van der Waals surface area contributed by atoms with Gasteiger partial charge in [-0.15, -0.1) is 10.2 Å². The van der Waals surface area contributed by atoms with Gasteiger partial charge in [0.05, 0.1) is 5.75 Å². The minimum Gasteiger partial charge on any atom is -0.341 e. The van der Waals surface area contributed by atoms with Crippen LogP contribution in [-0.4, -0.2) is 38.4 Å². The van der Waals surface area contributed by atoms with Crippen molar-refractivity contribution in [1.82, 2.24) is 19.7 Å². The van der Waals surface area contributed by atoms with Gasteiger partial charge >= 0.3 is 0 Å². The lowest BCUT2D eigenvalue weighted by Crippen LogP contribution is -2.28. The van der Waals surface area contributed by atoms with E-state index in [9.17, 15) is 13.6 Å². The Morgan fingerprint density at radius 3 is 2.78 bits per heavy atom. The van der Waals surface area contributed by atoms with Gasteiger partial charge in [-0.05, 0) is 19.9 Å². The van der Waals surface area contributed by atoms with Gasteiger partial charge in [0, 0.05) is 31.3 Å². The molecule has 23 heavy (non-hydrogen) atoms. The van der Waals surface area contributed by atoms with Gasteiger partial charge in [0.1, 0.15) is 18.0 Å². The SMILES string of the molecule is CC(C)n1cnnc1SCC(=O)N(C)Cc1ccc(F)cc1F. The van der Waals surface area contributed by atoms with Crippen molar-refractivity contribution in [2.24, 2.45) is 0 Å². The van der Waals surface area contributed by atoms with E-state index in [-0.39, 0.29) is 29.8 Å². The maximum Gasteiger partial charge on any atom is 0.233 e. The molecule has 1 aromatic heterocycles. The predicted molar refractivity (Wildman–Crippen MR) is 84.0 cm³/mol. The molecule has 0 aliphatic carbocycles. The normalized spacial score (nSPS) is 11.0. The van der Waals surface area contributed by atoms with E-state index in [4.69, 9.17) is 0 Å². The van der Waals surface area contributed by atoms with Crippen LogP contribution in [0.15, 0.2) is 29.7 Å². The number of hydrogen-bond acceptors (Lipinski definition) is 4. The van der Waals surface area contributed by atoms with Crippen molar-refractivity contribution in [3.8, 4) is 0 Å². The molecule has 0 unspecified atom stereocenters. The molecule has 8 heteroatoms. The van der Waals surface area contributed by atoms with E-state index in [0.717, 1.165) is 6.07 Å². The molecule has 1 aromatic carbocycles. The van der Waals surface area contributed by atoms with Crippen molar-refractivity contribution in [2.75, 3.05) is 12.8 Å². The van der Waals surface area contributed by atoms with E-state index in [2.05, 4.69) is 10.2 Å². The highest BCUT2D eigenvalue weighted by molar-refractivity contribution is 7.99. The first kappa shape index (κ1) is 17.4. The van der Waals surface area contributed by atoms with Crippen molar-refractivity contribution in [3.05, 3.63) is 41.7 Å². The Balaban J connectivity index is 1.93. The van der Waals surface area contributed by atoms with Gasteiger partial charge < -0.3 is 9.47 Å². The van der Waals surface area contributed by atoms with Crippen molar-refractivity contribution in [2.45, 2.75) is 31.6 Å². The van der Waals surface area contributed by atoms with Crippen molar-refractivity contribution in [1.29, 1.82) is 0 Å². The zero-order chi connectivity index (χ0) is 17.0. The van der Waals surface area contributed by atoms with Gasteiger partial charge in [0.25, 0.3) is 0 Å². The third-order valence-electron chi connectivity index (χ3n) is 3.27. The summed E-state index contributed by atoms with van der Waals surface area (Å²) in [4.78, 5) is 13.6. The summed E-state index contributed by atoms with van der Waals surface area (Å²) in [6.07, 6.45) is 1.62. The molecule has 0 saturated carbocycles. The second-order valence-corrected chi connectivity index (χ2v) is 6.33. The second kappa shape index (κ2) is 7.54. The molecule has 2 rings (SSSR count). The molecule has 2 aromatic rings. The molecule has 0 bridgehead atoms. The lowest BCUT2D eigenvalue weighted by molar-refractivity contribution is -0.127. The first-order chi connectivity index (χ1) is 10.9. The average molecular weight is 340 g/mol. The van der Waals surface area contributed by atoms with Gasteiger partial charge in [0.2, 0.25) is 5.91 Å². The Morgan fingerprint density at radius 1 is 1.39 bits per heavy atom. The monoisotopic (exact) mass is 340 g/mol. The van der Waals surface area contributed by atoms with Gasteiger partial charge in [-0.25, -0.2) is 8.78 Å². The molecular formula is C15H18F2N4OS. The molecule has 0 spiro atoms. The number of aromatic nitrogens is 3. The number of carbonyl (C=O) groups is 1. The number of nitrogens with zero attached hydrogens (tertiary/aromatic N) is 4. The number of hydrogen-bond donors (Lipinski definition) is 0. The van der Waals surface area contributed by atoms with Crippen LogP contribution >= 0.6 is 11.8 Å².